The van der Waals surface area contributed by atoms with Gasteiger partial charge in [-0.1, -0.05) is 32.0 Å². The fraction of sp³-hybridized carbons (Fsp3) is 0.167. The fourth-order valence-corrected chi connectivity index (χ4v) is 1.99. The monoisotopic (exact) mass is 307 g/mol. The second kappa shape index (κ2) is 7.23. The lowest BCUT2D eigenvalue weighted by atomic mass is 10.0. The molecule has 0 aliphatic carbocycles. The number of nitriles is 1. The maximum absolute atomic E-state index is 11.9. The smallest absolute Gasteiger partial charge is 0.314 e. The van der Waals surface area contributed by atoms with E-state index in [4.69, 9.17) is 5.26 Å². The number of nitrogens with zero attached hydrogens (tertiary/aromatic N) is 1. The van der Waals surface area contributed by atoms with Crippen LogP contribution in [0.4, 0.5) is 11.4 Å². The molecule has 2 aromatic rings. The Morgan fingerprint density at radius 2 is 1.57 bits per heavy atom. The van der Waals surface area contributed by atoms with E-state index < -0.39 is 11.8 Å². The molecular weight excluding hydrogens is 290 g/mol. The van der Waals surface area contributed by atoms with Gasteiger partial charge in [0.05, 0.1) is 11.6 Å². The highest BCUT2D eigenvalue weighted by Gasteiger charge is 2.14. The van der Waals surface area contributed by atoms with Gasteiger partial charge in [-0.2, -0.15) is 5.26 Å². The van der Waals surface area contributed by atoms with Crippen molar-refractivity contribution in [3.8, 4) is 6.07 Å². The van der Waals surface area contributed by atoms with E-state index in [1.165, 1.54) is 6.07 Å². The summed E-state index contributed by atoms with van der Waals surface area (Å²) in [5.74, 6) is -1.15. The van der Waals surface area contributed by atoms with Gasteiger partial charge in [-0.05, 0) is 41.8 Å². The van der Waals surface area contributed by atoms with Gasteiger partial charge in [-0.25, -0.2) is 0 Å². The van der Waals surface area contributed by atoms with Crippen molar-refractivity contribution in [2.75, 3.05) is 10.6 Å². The number of hydrogen-bond acceptors (Lipinski definition) is 3. The van der Waals surface area contributed by atoms with Crippen molar-refractivity contribution < 1.29 is 9.59 Å². The molecule has 0 fully saturated rings. The molecule has 0 heterocycles. The number of carbonyl (C=O) groups excluding carboxylic acids is 2. The number of amides is 2. The van der Waals surface area contributed by atoms with Crippen LogP contribution in [0.5, 0.6) is 0 Å². The summed E-state index contributed by atoms with van der Waals surface area (Å²) in [6.07, 6.45) is 0. The Morgan fingerprint density at radius 3 is 2.13 bits per heavy atom. The number of carbonyl (C=O) groups is 2. The number of rotatable bonds is 3. The van der Waals surface area contributed by atoms with Gasteiger partial charge in [0.15, 0.2) is 0 Å². The molecule has 0 radical (unpaired) electrons. The Morgan fingerprint density at radius 1 is 0.957 bits per heavy atom. The quantitative estimate of drug-likeness (QED) is 0.854. The first kappa shape index (κ1) is 16.2. The van der Waals surface area contributed by atoms with E-state index in [0.717, 1.165) is 5.56 Å². The minimum Gasteiger partial charge on any atom is -0.318 e. The highest BCUT2D eigenvalue weighted by Crippen LogP contribution is 2.17. The van der Waals surface area contributed by atoms with Gasteiger partial charge in [0, 0.05) is 11.4 Å². The third-order valence-electron chi connectivity index (χ3n) is 3.29. The predicted molar refractivity (Wildman–Crippen MR) is 88.9 cm³/mol. The summed E-state index contributed by atoms with van der Waals surface area (Å²) in [5.41, 5.74) is 2.52. The van der Waals surface area contributed by atoms with Crippen LogP contribution in [-0.4, -0.2) is 11.8 Å². The highest BCUT2D eigenvalue weighted by molar-refractivity contribution is 6.43. The Kier molecular flexibility index (Phi) is 5.11. The Hall–Kier alpha value is -3.13. The molecule has 2 N–H and O–H groups in total. The molecule has 0 aliphatic heterocycles. The lowest BCUT2D eigenvalue weighted by Crippen LogP contribution is -2.29. The summed E-state index contributed by atoms with van der Waals surface area (Å²) in [5, 5.41) is 13.8. The van der Waals surface area contributed by atoms with Crippen molar-refractivity contribution in [3.05, 3.63) is 59.7 Å². The molecule has 2 amide bonds. The van der Waals surface area contributed by atoms with E-state index in [2.05, 4.69) is 24.5 Å². The Balaban J connectivity index is 1.99. The minimum atomic E-state index is -0.784. The summed E-state index contributed by atoms with van der Waals surface area (Å²) < 4.78 is 0. The van der Waals surface area contributed by atoms with E-state index in [1.807, 2.05) is 18.2 Å². The van der Waals surface area contributed by atoms with Crippen LogP contribution in [0.25, 0.3) is 0 Å². The number of hydrogen-bond donors (Lipinski definition) is 2. The zero-order chi connectivity index (χ0) is 16.8. The number of nitrogens with one attached hydrogen (secondary N) is 2. The summed E-state index contributed by atoms with van der Waals surface area (Å²) in [4.78, 5) is 23.8. The Bertz CT molecular complexity index is 759. The van der Waals surface area contributed by atoms with Gasteiger partial charge in [0.2, 0.25) is 0 Å². The fourth-order valence-electron chi connectivity index (χ4n) is 1.99. The van der Waals surface area contributed by atoms with Gasteiger partial charge in [-0.3, -0.25) is 9.59 Å². The number of anilines is 2. The maximum Gasteiger partial charge on any atom is 0.314 e. The van der Waals surface area contributed by atoms with Crippen molar-refractivity contribution in [2.45, 2.75) is 19.8 Å². The molecule has 0 aliphatic rings. The normalized spacial score (nSPS) is 10.0. The molecule has 0 bridgehead atoms. The largest absolute Gasteiger partial charge is 0.318 e. The summed E-state index contributed by atoms with van der Waals surface area (Å²) in [7, 11) is 0. The SMILES string of the molecule is CC(C)c1ccc(NC(=O)C(=O)Nc2cccc(C#N)c2)cc1. The molecule has 5 nitrogen and oxygen atoms in total. The van der Waals surface area contributed by atoms with Gasteiger partial charge in [0.1, 0.15) is 0 Å². The van der Waals surface area contributed by atoms with Gasteiger partial charge < -0.3 is 10.6 Å². The molecule has 0 aromatic heterocycles. The molecule has 2 rings (SSSR count). The molecule has 0 spiro atoms. The molecule has 0 saturated heterocycles. The van der Waals surface area contributed by atoms with Crippen LogP contribution < -0.4 is 10.6 Å². The molecule has 23 heavy (non-hydrogen) atoms. The average molecular weight is 307 g/mol. The molecule has 0 unspecified atom stereocenters. The second-order valence-corrected chi connectivity index (χ2v) is 5.38. The van der Waals surface area contributed by atoms with Crippen molar-refractivity contribution in [2.24, 2.45) is 0 Å². The predicted octanol–water partition coefficient (Wildman–Crippen LogP) is 3.26. The molecule has 0 atom stereocenters. The first-order valence-corrected chi connectivity index (χ1v) is 7.22. The molecule has 0 saturated carbocycles. The summed E-state index contributed by atoms with van der Waals surface area (Å²) >= 11 is 0. The van der Waals surface area contributed by atoms with E-state index in [9.17, 15) is 9.59 Å². The van der Waals surface area contributed by atoms with Gasteiger partial charge >= 0.3 is 11.8 Å². The third kappa shape index (κ3) is 4.42. The summed E-state index contributed by atoms with van der Waals surface area (Å²) in [6.45, 7) is 4.16. The standard InChI is InChI=1S/C18H17N3O2/c1-12(2)14-6-8-15(9-7-14)20-17(22)18(23)21-16-5-3-4-13(10-16)11-19/h3-10,12H,1-2H3,(H,20,22)(H,21,23). The van der Waals surface area contributed by atoms with Crippen LogP contribution in [0.3, 0.4) is 0 Å². The lowest BCUT2D eigenvalue weighted by Gasteiger charge is -2.09. The van der Waals surface area contributed by atoms with Crippen LogP contribution in [-0.2, 0) is 9.59 Å². The lowest BCUT2D eigenvalue weighted by molar-refractivity contribution is -0.132. The third-order valence-corrected chi connectivity index (χ3v) is 3.29. The van der Waals surface area contributed by atoms with E-state index in [-0.39, 0.29) is 0 Å². The zero-order valence-electron chi connectivity index (χ0n) is 13.0. The van der Waals surface area contributed by atoms with Crippen LogP contribution in [0.2, 0.25) is 0 Å². The Labute approximate surface area is 134 Å². The number of benzene rings is 2. The maximum atomic E-state index is 11.9. The van der Waals surface area contributed by atoms with Crippen molar-refractivity contribution in [3.63, 3.8) is 0 Å². The van der Waals surface area contributed by atoms with Crippen molar-refractivity contribution in [1.82, 2.24) is 0 Å². The topological polar surface area (TPSA) is 82.0 Å². The molecular formula is C18H17N3O2. The van der Waals surface area contributed by atoms with Crippen LogP contribution in [0, 0.1) is 11.3 Å². The first-order chi connectivity index (χ1) is 11.0. The first-order valence-electron chi connectivity index (χ1n) is 7.22. The van der Waals surface area contributed by atoms with Crippen molar-refractivity contribution in [1.29, 1.82) is 5.26 Å². The van der Waals surface area contributed by atoms with Crippen LogP contribution >= 0.6 is 0 Å². The van der Waals surface area contributed by atoms with Crippen molar-refractivity contribution >= 4 is 23.2 Å². The van der Waals surface area contributed by atoms with E-state index in [0.29, 0.717) is 22.9 Å². The van der Waals surface area contributed by atoms with E-state index in [1.54, 1.807) is 30.3 Å². The average Bonchev–Trinajstić information content (AvgIpc) is 2.55. The summed E-state index contributed by atoms with van der Waals surface area (Å²) in [6, 6.07) is 15.7. The van der Waals surface area contributed by atoms with Gasteiger partial charge in [-0.15, -0.1) is 0 Å². The molecule has 116 valence electrons. The molecule has 2 aromatic carbocycles. The zero-order valence-corrected chi connectivity index (χ0v) is 13.0. The van der Waals surface area contributed by atoms with Gasteiger partial charge in [0.25, 0.3) is 0 Å². The van der Waals surface area contributed by atoms with Crippen LogP contribution in [0.1, 0.15) is 30.9 Å². The second-order valence-electron chi connectivity index (χ2n) is 5.38. The highest BCUT2D eigenvalue weighted by atomic mass is 16.2. The van der Waals surface area contributed by atoms with Crippen LogP contribution in [0.15, 0.2) is 48.5 Å². The van der Waals surface area contributed by atoms with E-state index >= 15 is 0 Å². The molecule has 5 heteroatoms. The minimum absolute atomic E-state index is 0.399.